The van der Waals surface area contributed by atoms with Crippen LogP contribution in [0.2, 0.25) is 0 Å². The van der Waals surface area contributed by atoms with Crippen LogP contribution < -0.4 is 0 Å². The molecule has 0 aromatic heterocycles. The summed E-state index contributed by atoms with van der Waals surface area (Å²) in [5.74, 6) is -2.96. The van der Waals surface area contributed by atoms with E-state index in [1.165, 1.54) is 0 Å². The minimum Gasteiger partial charge on any atom is -0.481 e. The van der Waals surface area contributed by atoms with Gasteiger partial charge < -0.3 is 19.7 Å². The van der Waals surface area contributed by atoms with Gasteiger partial charge in [-0.15, -0.1) is 0 Å². The largest absolute Gasteiger partial charge is 0.481 e. The lowest BCUT2D eigenvalue weighted by Gasteiger charge is -2.75. The van der Waals surface area contributed by atoms with Crippen LogP contribution >= 0.6 is 0 Å². The lowest BCUT2D eigenvalue weighted by Crippen LogP contribution is -2.74. The summed E-state index contributed by atoms with van der Waals surface area (Å²) in [5, 5.41) is 21.6. The Balaban J connectivity index is 2.02. The van der Waals surface area contributed by atoms with Gasteiger partial charge in [-0.3, -0.25) is 9.59 Å². The summed E-state index contributed by atoms with van der Waals surface area (Å²) in [6.07, 6.45) is 3.71. The highest BCUT2D eigenvalue weighted by atomic mass is 16.5. The average Bonchev–Trinajstić information content (AvgIpc) is 2.74. The number of carboxylic acid groups (broad SMARTS) is 2. The van der Waals surface area contributed by atoms with Gasteiger partial charge in [-0.1, -0.05) is 27.0 Å². The molecule has 4 bridgehead atoms. The highest BCUT2D eigenvalue weighted by Crippen LogP contribution is 2.82. The van der Waals surface area contributed by atoms with E-state index in [1.54, 1.807) is 13.8 Å². The first kappa shape index (κ1) is 27.9. The summed E-state index contributed by atoms with van der Waals surface area (Å²) in [6.45, 7) is 14.4. The lowest BCUT2D eigenvalue weighted by molar-refractivity contribution is -0.285. The number of carbonyl (C=O) groups excluding carboxylic acids is 2. The van der Waals surface area contributed by atoms with Crippen molar-refractivity contribution in [2.75, 3.05) is 13.2 Å². The zero-order valence-electron chi connectivity index (χ0n) is 22.0. The topological polar surface area (TPSA) is 127 Å². The number of carboxylic acids is 2. The van der Waals surface area contributed by atoms with Crippen molar-refractivity contribution in [1.82, 2.24) is 0 Å². The summed E-state index contributed by atoms with van der Waals surface area (Å²) in [4.78, 5) is 50.2. The van der Waals surface area contributed by atoms with E-state index in [1.807, 2.05) is 13.8 Å². The third-order valence-electron chi connectivity index (χ3n) is 9.08. The van der Waals surface area contributed by atoms with Crippen LogP contribution in [0.5, 0.6) is 0 Å². The normalized spacial score (nSPS) is 33.6. The standard InChI is InChI=1S/C28H40O8/c1-18(2)20(29)35-11-7-9-28(10-8-12-36-21(30)19(3)4)26(22(31)32)14-24(5)13-25(6,16-26)17-27(28,15-24)23(33)34/h1,3,7-17H2,2,4-6H3,(H,31,32)(H,33,34). The minimum absolute atomic E-state index is 0.0536. The number of esters is 2. The van der Waals surface area contributed by atoms with E-state index < -0.39 is 40.1 Å². The predicted octanol–water partition coefficient (Wildman–Crippen LogP) is 4.92. The van der Waals surface area contributed by atoms with E-state index in [0.717, 1.165) is 6.42 Å². The van der Waals surface area contributed by atoms with E-state index >= 15 is 0 Å². The molecule has 0 saturated heterocycles. The van der Waals surface area contributed by atoms with Gasteiger partial charge in [0, 0.05) is 16.6 Å². The molecule has 36 heavy (non-hydrogen) atoms. The first-order chi connectivity index (χ1) is 16.6. The van der Waals surface area contributed by atoms with E-state index in [-0.39, 0.29) is 48.0 Å². The Kier molecular flexibility index (Phi) is 7.25. The molecule has 0 amide bonds. The van der Waals surface area contributed by atoms with Gasteiger partial charge in [0.1, 0.15) is 0 Å². The van der Waals surface area contributed by atoms with Gasteiger partial charge in [0.25, 0.3) is 0 Å². The molecule has 8 nitrogen and oxygen atoms in total. The fraction of sp³-hybridized carbons (Fsp3) is 0.714. The molecule has 0 aromatic rings. The Morgan fingerprint density at radius 1 is 0.694 bits per heavy atom. The molecule has 0 radical (unpaired) electrons. The van der Waals surface area contributed by atoms with Crippen LogP contribution in [0.1, 0.15) is 85.5 Å². The minimum atomic E-state index is -1.24. The second kappa shape index (κ2) is 9.34. The first-order valence-electron chi connectivity index (χ1n) is 12.7. The molecule has 0 unspecified atom stereocenters. The average molecular weight is 505 g/mol. The van der Waals surface area contributed by atoms with Gasteiger partial charge in [0.05, 0.1) is 24.0 Å². The Hall–Kier alpha value is -2.64. The van der Waals surface area contributed by atoms with Gasteiger partial charge >= 0.3 is 23.9 Å². The van der Waals surface area contributed by atoms with Crippen LogP contribution in [0.25, 0.3) is 0 Å². The summed E-state index contributed by atoms with van der Waals surface area (Å²) in [5.41, 5.74) is -3.79. The molecular formula is C28H40O8. The van der Waals surface area contributed by atoms with Crippen LogP contribution in [0.15, 0.2) is 24.3 Å². The molecule has 4 fully saturated rings. The zero-order chi connectivity index (χ0) is 27.2. The van der Waals surface area contributed by atoms with Crippen molar-refractivity contribution in [3.05, 3.63) is 24.3 Å². The molecule has 0 aromatic carbocycles. The van der Waals surface area contributed by atoms with Crippen molar-refractivity contribution < 1.29 is 38.9 Å². The van der Waals surface area contributed by atoms with Gasteiger partial charge in [-0.25, -0.2) is 9.59 Å². The molecule has 0 atom stereocenters. The van der Waals surface area contributed by atoms with Gasteiger partial charge in [-0.2, -0.15) is 0 Å². The van der Waals surface area contributed by atoms with E-state index in [4.69, 9.17) is 9.47 Å². The Bertz CT molecular complexity index is 900. The quantitative estimate of drug-likeness (QED) is 0.218. The molecule has 200 valence electrons. The third kappa shape index (κ3) is 4.37. The summed E-state index contributed by atoms with van der Waals surface area (Å²) in [6, 6.07) is 0. The molecular weight excluding hydrogens is 464 g/mol. The molecule has 4 aliphatic rings. The number of hydrogen-bond donors (Lipinski definition) is 2. The van der Waals surface area contributed by atoms with Crippen molar-refractivity contribution in [3.63, 3.8) is 0 Å². The third-order valence-corrected chi connectivity index (χ3v) is 9.08. The summed E-state index contributed by atoms with van der Waals surface area (Å²) >= 11 is 0. The zero-order valence-corrected chi connectivity index (χ0v) is 22.0. The first-order valence-corrected chi connectivity index (χ1v) is 12.7. The van der Waals surface area contributed by atoms with Crippen LogP contribution in [-0.2, 0) is 28.7 Å². The van der Waals surface area contributed by atoms with Crippen molar-refractivity contribution in [2.24, 2.45) is 27.1 Å². The molecule has 0 spiro atoms. The van der Waals surface area contributed by atoms with Crippen molar-refractivity contribution in [2.45, 2.75) is 85.5 Å². The summed E-state index contributed by atoms with van der Waals surface area (Å²) < 4.78 is 10.6. The Morgan fingerprint density at radius 2 is 1.03 bits per heavy atom. The van der Waals surface area contributed by atoms with Gasteiger partial charge in [0.15, 0.2) is 0 Å². The molecule has 4 aliphatic carbocycles. The number of rotatable bonds is 12. The fourth-order valence-electron chi connectivity index (χ4n) is 8.70. The highest BCUT2D eigenvalue weighted by molar-refractivity contribution is 5.87. The van der Waals surface area contributed by atoms with E-state index in [0.29, 0.717) is 38.5 Å². The fourth-order valence-corrected chi connectivity index (χ4v) is 8.70. The second-order valence-corrected chi connectivity index (χ2v) is 12.4. The number of carbonyl (C=O) groups is 4. The molecule has 0 aliphatic heterocycles. The van der Waals surface area contributed by atoms with Crippen LogP contribution in [-0.4, -0.2) is 47.3 Å². The number of ether oxygens (including phenoxy) is 2. The maximum absolute atomic E-state index is 13.2. The smallest absolute Gasteiger partial charge is 0.333 e. The number of hydrogen-bond acceptors (Lipinski definition) is 6. The van der Waals surface area contributed by atoms with E-state index in [2.05, 4.69) is 13.2 Å². The van der Waals surface area contributed by atoms with E-state index in [9.17, 15) is 29.4 Å². The Morgan fingerprint density at radius 3 is 1.31 bits per heavy atom. The maximum atomic E-state index is 13.2. The predicted molar refractivity (Wildman–Crippen MR) is 132 cm³/mol. The van der Waals surface area contributed by atoms with Crippen LogP contribution in [0.3, 0.4) is 0 Å². The van der Waals surface area contributed by atoms with Gasteiger partial charge in [-0.05, 0) is 82.5 Å². The highest BCUT2D eigenvalue weighted by Gasteiger charge is 2.80. The summed E-state index contributed by atoms with van der Waals surface area (Å²) in [7, 11) is 0. The molecule has 2 N–H and O–H groups in total. The molecule has 4 saturated carbocycles. The molecule has 4 rings (SSSR count). The monoisotopic (exact) mass is 504 g/mol. The SMILES string of the molecule is C=C(C)C(=O)OCCCC1(CCCOC(=O)C(=C)C)C2(C(=O)O)CC3(C)CC(C)(C2)CC1(C(=O)O)C3. The van der Waals surface area contributed by atoms with Gasteiger partial charge in [0.2, 0.25) is 0 Å². The van der Waals surface area contributed by atoms with Crippen molar-refractivity contribution in [1.29, 1.82) is 0 Å². The second-order valence-electron chi connectivity index (χ2n) is 12.4. The van der Waals surface area contributed by atoms with Crippen LogP contribution in [0, 0.1) is 27.1 Å². The van der Waals surface area contributed by atoms with Crippen molar-refractivity contribution in [3.8, 4) is 0 Å². The molecule has 8 heteroatoms. The molecule has 0 heterocycles. The maximum Gasteiger partial charge on any atom is 0.333 e. The lowest BCUT2D eigenvalue weighted by atomic mass is 9.26. The van der Waals surface area contributed by atoms with Crippen LogP contribution in [0.4, 0.5) is 0 Å². The number of aliphatic carboxylic acids is 2. The Labute approximate surface area is 213 Å². The van der Waals surface area contributed by atoms with Crippen molar-refractivity contribution >= 4 is 23.9 Å².